The number of benzene rings is 1. The predicted molar refractivity (Wildman–Crippen MR) is 59.7 cm³/mol. The fourth-order valence-electron chi connectivity index (χ4n) is 1.99. The van der Waals surface area contributed by atoms with Crippen molar-refractivity contribution in [2.45, 2.75) is 25.3 Å². The van der Waals surface area contributed by atoms with Crippen LogP contribution >= 0.6 is 0 Å². The van der Waals surface area contributed by atoms with Crippen molar-refractivity contribution in [3.63, 3.8) is 0 Å². The summed E-state index contributed by atoms with van der Waals surface area (Å²) in [6.45, 7) is 0.682. The van der Waals surface area contributed by atoms with Gasteiger partial charge in [-0.05, 0) is 36.0 Å². The van der Waals surface area contributed by atoms with E-state index in [1.165, 1.54) is 0 Å². The molecule has 0 aliphatic heterocycles. The second kappa shape index (κ2) is 3.74. The first-order valence-corrected chi connectivity index (χ1v) is 5.57. The first kappa shape index (κ1) is 9.58. The van der Waals surface area contributed by atoms with Gasteiger partial charge in [-0.3, -0.25) is 0 Å². The molecule has 0 unspecified atom stereocenters. The number of halogens is 1. The van der Waals surface area contributed by atoms with Gasteiger partial charge in [-0.2, -0.15) is 0 Å². The smallest absolute Gasteiger partial charge is 0.127 e. The van der Waals surface area contributed by atoms with E-state index in [-0.39, 0.29) is 5.82 Å². The van der Waals surface area contributed by atoms with Crippen LogP contribution in [0.15, 0.2) is 36.9 Å². The highest BCUT2D eigenvalue weighted by Crippen LogP contribution is 2.41. The molecule has 3 rings (SSSR count). The molecule has 2 nitrogen and oxygen atoms in total. The summed E-state index contributed by atoms with van der Waals surface area (Å²) in [6.07, 6.45) is 7.63. The fourth-order valence-corrected chi connectivity index (χ4v) is 1.99. The van der Waals surface area contributed by atoms with E-state index >= 15 is 0 Å². The maximum Gasteiger partial charge on any atom is 0.127 e. The Morgan fingerprint density at radius 1 is 1.38 bits per heavy atom. The number of nitrogens with zero attached hydrogens (tertiary/aromatic N) is 2. The third kappa shape index (κ3) is 1.85. The molecule has 1 heterocycles. The Bertz CT molecular complexity index is 487. The van der Waals surface area contributed by atoms with Crippen LogP contribution in [0.25, 0.3) is 0 Å². The minimum absolute atomic E-state index is 0.0554. The average Bonchev–Trinajstić information content (AvgIpc) is 2.97. The van der Waals surface area contributed by atoms with Crippen molar-refractivity contribution in [3.8, 4) is 0 Å². The van der Waals surface area contributed by atoms with Crippen molar-refractivity contribution in [1.29, 1.82) is 0 Å². The van der Waals surface area contributed by atoms with Gasteiger partial charge >= 0.3 is 0 Å². The molecule has 0 amide bonds. The van der Waals surface area contributed by atoms with E-state index in [9.17, 15) is 4.39 Å². The summed E-state index contributed by atoms with van der Waals surface area (Å²) in [5.41, 5.74) is 1.87. The van der Waals surface area contributed by atoms with E-state index in [2.05, 4.69) is 4.98 Å². The van der Waals surface area contributed by atoms with Crippen molar-refractivity contribution in [3.05, 3.63) is 53.9 Å². The largest absolute Gasteiger partial charge is 0.333 e. The number of hydrogen-bond acceptors (Lipinski definition) is 1. The molecule has 1 aromatic carbocycles. The predicted octanol–water partition coefficient (Wildman–Crippen LogP) is 2.95. The summed E-state index contributed by atoms with van der Waals surface area (Å²) in [6, 6.07) is 5.59. The van der Waals surface area contributed by atoms with Crippen LogP contribution in [0.1, 0.15) is 29.9 Å². The summed E-state index contributed by atoms with van der Waals surface area (Å²) >= 11 is 0. The SMILES string of the molecule is Fc1cc(Cn2ccnc2)ccc1C1CC1. The van der Waals surface area contributed by atoms with Crippen LogP contribution in [0.3, 0.4) is 0 Å². The van der Waals surface area contributed by atoms with Crippen LogP contribution in [0.5, 0.6) is 0 Å². The quantitative estimate of drug-likeness (QED) is 0.771. The number of aromatic nitrogens is 2. The van der Waals surface area contributed by atoms with Crippen molar-refractivity contribution in [2.75, 3.05) is 0 Å². The third-order valence-corrected chi connectivity index (χ3v) is 3.01. The Kier molecular flexibility index (Phi) is 2.24. The Labute approximate surface area is 93.7 Å². The number of hydrogen-bond donors (Lipinski definition) is 0. The summed E-state index contributed by atoms with van der Waals surface area (Å²) in [4.78, 5) is 3.97. The standard InChI is InChI=1S/C13H13FN2/c14-13-7-10(8-16-6-5-15-9-16)1-4-12(13)11-2-3-11/h1,4-7,9,11H,2-3,8H2. The Balaban J connectivity index is 1.83. The molecule has 0 bridgehead atoms. The van der Waals surface area contributed by atoms with Crippen LogP contribution < -0.4 is 0 Å². The minimum atomic E-state index is -0.0554. The molecule has 1 aliphatic carbocycles. The van der Waals surface area contributed by atoms with Crippen molar-refractivity contribution in [1.82, 2.24) is 9.55 Å². The second-order valence-corrected chi connectivity index (χ2v) is 4.37. The van der Waals surface area contributed by atoms with Gasteiger partial charge in [-0.15, -0.1) is 0 Å². The Morgan fingerprint density at radius 2 is 2.25 bits per heavy atom. The molecular formula is C13H13FN2. The van der Waals surface area contributed by atoms with Crippen LogP contribution in [0.2, 0.25) is 0 Å². The molecule has 1 saturated carbocycles. The maximum atomic E-state index is 13.7. The minimum Gasteiger partial charge on any atom is -0.333 e. The summed E-state index contributed by atoms with van der Waals surface area (Å²) < 4.78 is 15.7. The molecule has 0 spiro atoms. The van der Waals surface area contributed by atoms with Gasteiger partial charge in [0.25, 0.3) is 0 Å². The van der Waals surface area contributed by atoms with Crippen LogP contribution in [-0.2, 0) is 6.54 Å². The van der Waals surface area contributed by atoms with Gasteiger partial charge in [0.05, 0.1) is 6.33 Å². The first-order valence-electron chi connectivity index (χ1n) is 5.57. The molecule has 0 radical (unpaired) electrons. The monoisotopic (exact) mass is 216 g/mol. The van der Waals surface area contributed by atoms with Gasteiger partial charge in [0.1, 0.15) is 5.82 Å². The van der Waals surface area contributed by atoms with Crippen molar-refractivity contribution < 1.29 is 4.39 Å². The lowest BCUT2D eigenvalue weighted by molar-refractivity contribution is 0.606. The Morgan fingerprint density at radius 3 is 2.88 bits per heavy atom. The van der Waals surface area contributed by atoms with Crippen molar-refractivity contribution >= 4 is 0 Å². The average molecular weight is 216 g/mol. The molecule has 0 saturated heterocycles. The highest BCUT2D eigenvalue weighted by molar-refractivity contribution is 5.30. The van der Waals surface area contributed by atoms with Gasteiger partial charge < -0.3 is 4.57 Å². The zero-order valence-corrected chi connectivity index (χ0v) is 8.94. The van der Waals surface area contributed by atoms with Gasteiger partial charge in [0.15, 0.2) is 0 Å². The molecule has 82 valence electrons. The summed E-state index contributed by atoms with van der Waals surface area (Å²) in [5, 5.41) is 0. The van der Waals surface area contributed by atoms with E-state index in [0.717, 1.165) is 24.0 Å². The highest BCUT2D eigenvalue weighted by atomic mass is 19.1. The zero-order chi connectivity index (χ0) is 11.0. The highest BCUT2D eigenvalue weighted by Gasteiger charge is 2.26. The second-order valence-electron chi connectivity index (χ2n) is 4.37. The zero-order valence-electron chi connectivity index (χ0n) is 8.94. The summed E-state index contributed by atoms with van der Waals surface area (Å²) in [5.74, 6) is 0.419. The maximum absolute atomic E-state index is 13.7. The molecule has 0 atom stereocenters. The van der Waals surface area contributed by atoms with E-state index in [1.54, 1.807) is 18.6 Å². The van der Waals surface area contributed by atoms with E-state index < -0.39 is 0 Å². The van der Waals surface area contributed by atoms with Gasteiger partial charge in [0, 0.05) is 18.9 Å². The van der Waals surface area contributed by atoms with E-state index in [1.807, 2.05) is 22.9 Å². The lowest BCUT2D eigenvalue weighted by Gasteiger charge is -2.05. The third-order valence-electron chi connectivity index (χ3n) is 3.01. The number of rotatable bonds is 3. The van der Waals surface area contributed by atoms with Crippen LogP contribution in [0, 0.1) is 5.82 Å². The van der Waals surface area contributed by atoms with Crippen LogP contribution in [0.4, 0.5) is 4.39 Å². The molecule has 2 aromatic rings. The molecule has 1 aliphatic rings. The van der Waals surface area contributed by atoms with Gasteiger partial charge in [-0.1, -0.05) is 12.1 Å². The molecular weight excluding hydrogens is 203 g/mol. The topological polar surface area (TPSA) is 17.8 Å². The molecule has 16 heavy (non-hydrogen) atoms. The first-order chi connectivity index (χ1) is 7.83. The van der Waals surface area contributed by atoms with E-state index in [0.29, 0.717) is 12.5 Å². The van der Waals surface area contributed by atoms with Crippen molar-refractivity contribution in [2.24, 2.45) is 0 Å². The number of imidazole rings is 1. The van der Waals surface area contributed by atoms with Gasteiger partial charge in [0.2, 0.25) is 0 Å². The lowest BCUT2D eigenvalue weighted by Crippen LogP contribution is -1.98. The molecule has 1 fully saturated rings. The van der Waals surface area contributed by atoms with Crippen LogP contribution in [-0.4, -0.2) is 9.55 Å². The van der Waals surface area contributed by atoms with Gasteiger partial charge in [-0.25, -0.2) is 9.37 Å². The normalized spacial score (nSPS) is 15.3. The Hall–Kier alpha value is -1.64. The fraction of sp³-hybridized carbons (Fsp3) is 0.308. The summed E-state index contributed by atoms with van der Waals surface area (Å²) in [7, 11) is 0. The van der Waals surface area contributed by atoms with E-state index in [4.69, 9.17) is 0 Å². The molecule has 3 heteroatoms. The lowest BCUT2D eigenvalue weighted by atomic mass is 10.1. The molecule has 0 N–H and O–H groups in total. The molecule has 1 aromatic heterocycles.